The van der Waals surface area contributed by atoms with E-state index < -0.39 is 17.8 Å². The Hall–Kier alpha value is -0.940. The van der Waals surface area contributed by atoms with Crippen LogP contribution in [0.3, 0.4) is 0 Å². The summed E-state index contributed by atoms with van der Waals surface area (Å²) < 4.78 is 0. The van der Waals surface area contributed by atoms with Crippen LogP contribution in [0.25, 0.3) is 0 Å². The Balaban J connectivity index is 3.03. The maximum absolute atomic E-state index is 10.5. The van der Waals surface area contributed by atoms with Crippen molar-refractivity contribution in [3.8, 4) is 0 Å². The first kappa shape index (κ1) is 21.1. The zero-order valence-corrected chi connectivity index (χ0v) is 15.3. The van der Waals surface area contributed by atoms with Crippen LogP contribution in [0.2, 0.25) is 0 Å². The van der Waals surface area contributed by atoms with E-state index in [0.29, 0.717) is 31.3 Å². The van der Waals surface area contributed by atoms with Crippen LogP contribution < -0.4 is 0 Å². The second-order valence-corrected chi connectivity index (χ2v) is 7.47. The molecule has 0 aromatic carbocycles. The molecule has 0 saturated heterocycles. The van der Waals surface area contributed by atoms with Crippen molar-refractivity contribution in [3.05, 3.63) is 35.5 Å². The highest BCUT2D eigenvalue weighted by Gasteiger charge is 2.29. The van der Waals surface area contributed by atoms with Gasteiger partial charge in [-0.3, -0.25) is 0 Å². The molecule has 0 fully saturated rings. The zero-order chi connectivity index (χ0) is 18.3. The topological polar surface area (TPSA) is 80.9 Å². The first-order chi connectivity index (χ1) is 11.2. The fourth-order valence-electron chi connectivity index (χ4n) is 3.18. The Morgan fingerprint density at radius 3 is 2.54 bits per heavy atom. The first-order valence-electron chi connectivity index (χ1n) is 8.87. The lowest BCUT2D eigenvalue weighted by molar-refractivity contribution is -0.0693. The second kappa shape index (κ2) is 9.52. The Kier molecular flexibility index (Phi) is 8.37. The minimum atomic E-state index is -1.15. The molecule has 0 unspecified atom stereocenters. The zero-order valence-electron chi connectivity index (χ0n) is 15.3. The summed E-state index contributed by atoms with van der Waals surface area (Å²) in [5.74, 6) is -0.0501. The molecule has 0 spiro atoms. The first-order valence-corrected chi connectivity index (χ1v) is 8.87. The van der Waals surface area contributed by atoms with Gasteiger partial charge < -0.3 is 20.4 Å². The molecule has 4 nitrogen and oxygen atoms in total. The molecule has 0 saturated carbocycles. The maximum atomic E-state index is 10.5. The maximum Gasteiger partial charge on any atom is 0.0880 e. The van der Waals surface area contributed by atoms with Crippen molar-refractivity contribution in [1.29, 1.82) is 0 Å². The van der Waals surface area contributed by atoms with E-state index in [1.165, 1.54) is 5.57 Å². The van der Waals surface area contributed by atoms with Gasteiger partial charge in [-0.2, -0.15) is 0 Å². The Morgan fingerprint density at radius 2 is 1.96 bits per heavy atom. The van der Waals surface area contributed by atoms with Crippen molar-refractivity contribution in [2.75, 3.05) is 6.61 Å². The minimum Gasteiger partial charge on any atom is -0.392 e. The summed E-state index contributed by atoms with van der Waals surface area (Å²) >= 11 is 0. The molecule has 1 aliphatic rings. The lowest BCUT2D eigenvalue weighted by Gasteiger charge is -2.29. The molecule has 24 heavy (non-hydrogen) atoms. The number of hydrogen-bond acceptors (Lipinski definition) is 4. The van der Waals surface area contributed by atoms with Gasteiger partial charge in [0.05, 0.1) is 24.4 Å². The monoisotopic (exact) mass is 338 g/mol. The van der Waals surface area contributed by atoms with E-state index in [1.807, 2.05) is 13.8 Å². The van der Waals surface area contributed by atoms with E-state index in [-0.39, 0.29) is 12.5 Å². The largest absolute Gasteiger partial charge is 0.392 e. The van der Waals surface area contributed by atoms with Crippen molar-refractivity contribution in [2.24, 2.45) is 5.92 Å². The number of allylic oxidation sites excluding steroid dienone is 2. The van der Waals surface area contributed by atoms with E-state index in [9.17, 15) is 20.4 Å². The number of aliphatic hydroxyl groups excluding tert-OH is 3. The molecule has 0 aromatic rings. The summed E-state index contributed by atoms with van der Waals surface area (Å²) in [5, 5.41) is 40.8. The van der Waals surface area contributed by atoms with Crippen molar-refractivity contribution in [1.82, 2.24) is 0 Å². The third-order valence-corrected chi connectivity index (χ3v) is 5.10. The Bertz CT molecular complexity index is 476. The predicted octanol–water partition coefficient (Wildman–Crippen LogP) is 2.87. The normalized spacial score (nSPS) is 36.2. The van der Waals surface area contributed by atoms with Crippen LogP contribution >= 0.6 is 0 Å². The van der Waals surface area contributed by atoms with Gasteiger partial charge in [-0.15, -0.1) is 0 Å². The molecule has 4 heteroatoms. The molecular weight excluding hydrogens is 304 g/mol. The Morgan fingerprint density at radius 1 is 1.29 bits per heavy atom. The fraction of sp³-hybridized carbons (Fsp3) is 0.700. The molecule has 4 atom stereocenters. The van der Waals surface area contributed by atoms with Gasteiger partial charge in [0.1, 0.15) is 0 Å². The van der Waals surface area contributed by atoms with E-state index in [2.05, 4.69) is 12.7 Å². The molecule has 138 valence electrons. The van der Waals surface area contributed by atoms with Crippen LogP contribution in [-0.4, -0.2) is 44.8 Å². The van der Waals surface area contributed by atoms with Gasteiger partial charge in [0.25, 0.3) is 0 Å². The molecule has 1 rings (SSSR count). The predicted molar refractivity (Wildman–Crippen MR) is 97.6 cm³/mol. The summed E-state index contributed by atoms with van der Waals surface area (Å²) in [4.78, 5) is 0. The quantitative estimate of drug-likeness (QED) is 0.584. The highest BCUT2D eigenvalue weighted by Crippen LogP contribution is 2.27. The van der Waals surface area contributed by atoms with Gasteiger partial charge in [0.15, 0.2) is 0 Å². The molecule has 0 aromatic heterocycles. The van der Waals surface area contributed by atoms with Gasteiger partial charge in [-0.25, -0.2) is 0 Å². The van der Waals surface area contributed by atoms with Crippen molar-refractivity contribution in [3.63, 3.8) is 0 Å². The van der Waals surface area contributed by atoms with E-state index in [0.717, 1.165) is 18.4 Å². The van der Waals surface area contributed by atoms with E-state index >= 15 is 0 Å². The molecule has 0 bridgehead atoms. The van der Waals surface area contributed by atoms with Crippen LogP contribution in [0.4, 0.5) is 0 Å². The van der Waals surface area contributed by atoms with Crippen LogP contribution in [-0.2, 0) is 0 Å². The van der Waals surface area contributed by atoms with Gasteiger partial charge in [0, 0.05) is 5.92 Å². The summed E-state index contributed by atoms with van der Waals surface area (Å²) in [6.07, 6.45) is 5.88. The molecule has 4 N–H and O–H groups in total. The molecule has 0 aliphatic heterocycles. The lowest BCUT2D eigenvalue weighted by atomic mass is 9.85. The van der Waals surface area contributed by atoms with Gasteiger partial charge >= 0.3 is 0 Å². The molecule has 0 heterocycles. The highest BCUT2D eigenvalue weighted by molar-refractivity contribution is 5.13. The van der Waals surface area contributed by atoms with E-state index in [1.54, 1.807) is 13.0 Å². The summed E-state index contributed by atoms with van der Waals surface area (Å²) in [6.45, 7) is 9.46. The summed E-state index contributed by atoms with van der Waals surface area (Å²) in [6, 6.07) is 0. The minimum absolute atomic E-state index is 0.0501. The Labute approximate surface area is 146 Å². The standard InChI is InChI=1S/C20H34O4/c1-14(2)17-9-7-15(3)6-5-11-20(4,24)19(23)10-8-16(13-21)12-18(17)22/h6,12,17-19,21-24H,1,5,7-11,13H2,2-4H3/b15-6+,16-12?/t17-,18+,19-,20-/m1/s1. The van der Waals surface area contributed by atoms with Gasteiger partial charge in [0.2, 0.25) is 0 Å². The van der Waals surface area contributed by atoms with Crippen LogP contribution in [0, 0.1) is 5.92 Å². The van der Waals surface area contributed by atoms with E-state index in [4.69, 9.17) is 0 Å². The van der Waals surface area contributed by atoms with Crippen LogP contribution in [0.5, 0.6) is 0 Å². The van der Waals surface area contributed by atoms with Gasteiger partial charge in [-0.05, 0) is 64.9 Å². The SMILES string of the molecule is C=C(C)[C@H]1CC/C(C)=C/CC[C@@](C)(O)[C@H](O)CCC(CO)=C[C@@H]1O. The lowest BCUT2D eigenvalue weighted by Crippen LogP contribution is -2.39. The molecule has 1 aliphatic carbocycles. The number of hydrogen-bond donors (Lipinski definition) is 4. The number of aliphatic hydroxyl groups is 4. The summed E-state index contributed by atoms with van der Waals surface area (Å²) in [5.41, 5.74) is 1.68. The number of rotatable bonds is 2. The van der Waals surface area contributed by atoms with Crippen molar-refractivity contribution in [2.45, 2.75) is 77.1 Å². The third-order valence-electron chi connectivity index (χ3n) is 5.10. The smallest absolute Gasteiger partial charge is 0.0880 e. The summed E-state index contributed by atoms with van der Waals surface area (Å²) in [7, 11) is 0. The molecule has 0 amide bonds. The fourth-order valence-corrected chi connectivity index (χ4v) is 3.18. The van der Waals surface area contributed by atoms with Crippen molar-refractivity contribution < 1.29 is 20.4 Å². The highest BCUT2D eigenvalue weighted by atomic mass is 16.3. The van der Waals surface area contributed by atoms with Crippen LogP contribution in [0.1, 0.15) is 59.3 Å². The molecular formula is C20H34O4. The van der Waals surface area contributed by atoms with Gasteiger partial charge in [-0.1, -0.05) is 29.9 Å². The average molecular weight is 338 g/mol. The third kappa shape index (κ3) is 6.52. The average Bonchev–Trinajstić information content (AvgIpc) is 2.49. The van der Waals surface area contributed by atoms with Crippen LogP contribution in [0.15, 0.2) is 35.5 Å². The second-order valence-electron chi connectivity index (χ2n) is 7.47. The molecule has 0 radical (unpaired) electrons. The van der Waals surface area contributed by atoms with Crippen molar-refractivity contribution >= 4 is 0 Å².